The third-order valence-electron chi connectivity index (χ3n) is 3.67. The van der Waals surface area contributed by atoms with Crippen LogP contribution in [-0.2, 0) is 23.8 Å². The predicted octanol–water partition coefficient (Wildman–Crippen LogP) is 1.29. The summed E-state index contributed by atoms with van der Waals surface area (Å²) in [7, 11) is 0. The second kappa shape index (κ2) is 10.6. The molecule has 0 radical (unpaired) electrons. The Balaban J connectivity index is 2.55. The largest absolute Gasteiger partial charge is 0.463 e. The van der Waals surface area contributed by atoms with Gasteiger partial charge in [0.25, 0.3) is 0 Å². The van der Waals surface area contributed by atoms with Gasteiger partial charge in [-0.05, 0) is 12.8 Å². The topological polar surface area (TPSA) is 102 Å². The molecule has 0 amide bonds. The van der Waals surface area contributed by atoms with Crippen molar-refractivity contribution in [2.45, 2.75) is 83.4 Å². The molecule has 0 aromatic heterocycles. The summed E-state index contributed by atoms with van der Waals surface area (Å²) in [4.78, 5) is 23.3. The highest BCUT2D eigenvalue weighted by atomic mass is 16.7. The van der Waals surface area contributed by atoms with Crippen molar-refractivity contribution >= 4 is 11.9 Å². The molecule has 1 rings (SSSR count). The molecule has 1 unspecified atom stereocenters. The molecule has 7 nitrogen and oxygen atoms in total. The number of esters is 2. The van der Waals surface area contributed by atoms with Gasteiger partial charge < -0.3 is 24.4 Å². The van der Waals surface area contributed by atoms with E-state index in [1.54, 1.807) is 0 Å². The van der Waals surface area contributed by atoms with Crippen LogP contribution in [-0.4, -0.2) is 53.4 Å². The van der Waals surface area contributed by atoms with Gasteiger partial charge in [-0.1, -0.05) is 26.7 Å². The first-order valence-corrected chi connectivity index (χ1v) is 8.34. The van der Waals surface area contributed by atoms with Crippen molar-refractivity contribution in [1.29, 1.82) is 0 Å². The zero-order chi connectivity index (χ0) is 17.2. The van der Waals surface area contributed by atoms with E-state index in [4.69, 9.17) is 14.2 Å². The van der Waals surface area contributed by atoms with Crippen molar-refractivity contribution < 1.29 is 34.0 Å². The molecule has 0 aromatic carbocycles. The van der Waals surface area contributed by atoms with Crippen LogP contribution < -0.4 is 0 Å². The number of ether oxygens (including phenoxy) is 3. The zero-order valence-electron chi connectivity index (χ0n) is 13.9. The van der Waals surface area contributed by atoms with Crippen molar-refractivity contribution in [3.8, 4) is 0 Å². The van der Waals surface area contributed by atoms with Gasteiger partial charge >= 0.3 is 11.9 Å². The summed E-state index contributed by atoms with van der Waals surface area (Å²) < 4.78 is 15.6. The minimum absolute atomic E-state index is 0.0496. The van der Waals surface area contributed by atoms with Gasteiger partial charge in [-0.15, -0.1) is 0 Å². The van der Waals surface area contributed by atoms with E-state index < -0.39 is 30.6 Å². The maximum absolute atomic E-state index is 11.8. The Morgan fingerprint density at radius 2 is 1.70 bits per heavy atom. The molecule has 1 aliphatic rings. The SMILES string of the molecule is CCCCC(=O)OC[C@H]1OC(O)C[C@@H](O)[C@@H]1OC(=O)CCCC. The second-order valence-corrected chi connectivity index (χ2v) is 5.78. The van der Waals surface area contributed by atoms with Crippen molar-refractivity contribution in [2.24, 2.45) is 0 Å². The molecule has 23 heavy (non-hydrogen) atoms. The van der Waals surface area contributed by atoms with Crippen LogP contribution in [0.15, 0.2) is 0 Å². The molecule has 0 aromatic rings. The van der Waals surface area contributed by atoms with Gasteiger partial charge in [0, 0.05) is 19.3 Å². The summed E-state index contributed by atoms with van der Waals surface area (Å²) >= 11 is 0. The first-order valence-electron chi connectivity index (χ1n) is 8.34. The summed E-state index contributed by atoms with van der Waals surface area (Å²) in [5.74, 6) is -0.806. The minimum atomic E-state index is -1.17. The third kappa shape index (κ3) is 7.28. The molecule has 0 spiro atoms. The summed E-state index contributed by atoms with van der Waals surface area (Å²) in [6, 6.07) is 0. The third-order valence-corrected chi connectivity index (χ3v) is 3.67. The van der Waals surface area contributed by atoms with Crippen LogP contribution in [0.3, 0.4) is 0 Å². The van der Waals surface area contributed by atoms with Crippen LogP contribution in [0.5, 0.6) is 0 Å². The lowest BCUT2D eigenvalue weighted by molar-refractivity contribution is -0.249. The molecule has 0 aliphatic carbocycles. The molecule has 1 fully saturated rings. The van der Waals surface area contributed by atoms with Gasteiger partial charge in [-0.2, -0.15) is 0 Å². The van der Waals surface area contributed by atoms with E-state index in [0.717, 1.165) is 19.3 Å². The summed E-state index contributed by atoms with van der Waals surface area (Å²) in [6.45, 7) is 3.76. The summed E-state index contributed by atoms with van der Waals surface area (Å²) in [6.07, 6.45) is -0.371. The number of aliphatic hydroxyl groups excluding tert-OH is 2. The molecule has 1 heterocycles. The van der Waals surface area contributed by atoms with Crippen molar-refractivity contribution in [3.63, 3.8) is 0 Å². The molecule has 2 N–H and O–H groups in total. The molecule has 1 aliphatic heterocycles. The summed E-state index contributed by atoms with van der Waals surface area (Å²) in [5.41, 5.74) is 0. The van der Waals surface area contributed by atoms with E-state index in [1.807, 2.05) is 13.8 Å². The lowest BCUT2D eigenvalue weighted by Crippen LogP contribution is -2.52. The van der Waals surface area contributed by atoms with E-state index in [-0.39, 0.29) is 25.4 Å². The van der Waals surface area contributed by atoms with Gasteiger partial charge in [-0.25, -0.2) is 0 Å². The van der Waals surface area contributed by atoms with E-state index in [2.05, 4.69) is 0 Å². The number of aliphatic hydroxyl groups is 2. The highest BCUT2D eigenvalue weighted by molar-refractivity contribution is 5.70. The Bertz CT molecular complexity index is 371. The van der Waals surface area contributed by atoms with Crippen LogP contribution in [0, 0.1) is 0 Å². The molecule has 1 saturated heterocycles. The molecular weight excluding hydrogens is 304 g/mol. The lowest BCUT2D eigenvalue weighted by Gasteiger charge is -2.36. The Kier molecular flexibility index (Phi) is 9.13. The summed E-state index contributed by atoms with van der Waals surface area (Å²) in [5, 5.41) is 19.6. The van der Waals surface area contributed by atoms with E-state index in [0.29, 0.717) is 12.8 Å². The molecule has 7 heteroatoms. The maximum Gasteiger partial charge on any atom is 0.306 e. The van der Waals surface area contributed by atoms with Crippen molar-refractivity contribution in [1.82, 2.24) is 0 Å². The predicted molar refractivity (Wildman–Crippen MR) is 81.4 cm³/mol. The highest BCUT2D eigenvalue weighted by Crippen LogP contribution is 2.23. The Morgan fingerprint density at radius 1 is 1.09 bits per heavy atom. The van der Waals surface area contributed by atoms with Gasteiger partial charge in [0.2, 0.25) is 0 Å². The quantitative estimate of drug-likeness (QED) is 0.613. The van der Waals surface area contributed by atoms with E-state index in [1.165, 1.54) is 0 Å². The lowest BCUT2D eigenvalue weighted by atomic mass is 10.0. The van der Waals surface area contributed by atoms with Gasteiger partial charge in [0.1, 0.15) is 12.7 Å². The van der Waals surface area contributed by atoms with Gasteiger partial charge in [0.15, 0.2) is 12.4 Å². The Hall–Kier alpha value is -1.18. The average molecular weight is 332 g/mol. The average Bonchev–Trinajstić information content (AvgIpc) is 2.51. The van der Waals surface area contributed by atoms with Gasteiger partial charge in [0.05, 0.1) is 6.10 Å². The van der Waals surface area contributed by atoms with Crippen LogP contribution in [0.25, 0.3) is 0 Å². The zero-order valence-corrected chi connectivity index (χ0v) is 13.9. The fraction of sp³-hybridized carbons (Fsp3) is 0.875. The number of carbonyl (C=O) groups excluding carboxylic acids is 2. The molecular formula is C16H28O7. The molecule has 0 saturated carbocycles. The van der Waals surface area contributed by atoms with Crippen LogP contribution in [0.1, 0.15) is 58.8 Å². The monoisotopic (exact) mass is 332 g/mol. The maximum atomic E-state index is 11.8. The molecule has 4 atom stereocenters. The van der Waals surface area contributed by atoms with Crippen molar-refractivity contribution in [3.05, 3.63) is 0 Å². The number of unbranched alkanes of at least 4 members (excludes halogenated alkanes) is 2. The molecule has 0 bridgehead atoms. The normalized spacial score (nSPS) is 27.5. The van der Waals surface area contributed by atoms with Crippen LogP contribution in [0.4, 0.5) is 0 Å². The smallest absolute Gasteiger partial charge is 0.306 e. The van der Waals surface area contributed by atoms with Gasteiger partial charge in [-0.3, -0.25) is 9.59 Å². The van der Waals surface area contributed by atoms with E-state index >= 15 is 0 Å². The Morgan fingerprint density at radius 3 is 2.30 bits per heavy atom. The second-order valence-electron chi connectivity index (χ2n) is 5.78. The highest BCUT2D eigenvalue weighted by Gasteiger charge is 2.40. The fourth-order valence-corrected chi connectivity index (χ4v) is 2.31. The Labute approximate surface area is 136 Å². The van der Waals surface area contributed by atoms with E-state index in [9.17, 15) is 19.8 Å². The standard InChI is InChI=1S/C16H28O7/c1-3-5-7-13(18)21-10-12-16(11(17)9-15(20)22-12)23-14(19)8-6-4-2/h11-12,15-17,20H,3-10H2,1-2H3/t11-,12-,15?,16+/m1/s1. The van der Waals surface area contributed by atoms with Crippen LogP contribution >= 0.6 is 0 Å². The fourth-order valence-electron chi connectivity index (χ4n) is 2.31. The van der Waals surface area contributed by atoms with Crippen molar-refractivity contribution in [2.75, 3.05) is 6.61 Å². The number of hydrogen-bond donors (Lipinski definition) is 2. The first-order chi connectivity index (χ1) is 11.0. The number of hydrogen-bond acceptors (Lipinski definition) is 7. The number of rotatable bonds is 9. The first kappa shape index (κ1) is 19.9. The van der Waals surface area contributed by atoms with Crippen LogP contribution in [0.2, 0.25) is 0 Å². The number of carbonyl (C=O) groups is 2. The minimum Gasteiger partial charge on any atom is -0.463 e. The molecule has 134 valence electrons.